The van der Waals surface area contributed by atoms with Gasteiger partial charge >= 0.3 is 0 Å². The first-order valence-electron chi connectivity index (χ1n) is 3.36. The van der Waals surface area contributed by atoms with Gasteiger partial charge in [-0.2, -0.15) is 0 Å². The standard InChI is InChI=1S/C5H7BrN2O3S/c6-4-3-2(1-12(4,9)10)8-5(7)11-3/h2-4H,1H2,(H2,7,8). The van der Waals surface area contributed by atoms with E-state index in [0.717, 1.165) is 0 Å². The Balaban J connectivity index is 2.33. The van der Waals surface area contributed by atoms with Crippen molar-refractivity contribution in [2.45, 2.75) is 16.3 Å². The predicted octanol–water partition coefficient (Wildman–Crippen LogP) is -0.782. The predicted molar refractivity (Wildman–Crippen MR) is 46.8 cm³/mol. The normalized spacial score (nSPS) is 43.4. The van der Waals surface area contributed by atoms with Crippen molar-refractivity contribution in [1.29, 1.82) is 0 Å². The Hall–Kier alpha value is -0.300. The Morgan fingerprint density at radius 1 is 1.67 bits per heavy atom. The minimum Gasteiger partial charge on any atom is -0.457 e. The third-order valence-corrected chi connectivity index (χ3v) is 5.92. The smallest absolute Gasteiger partial charge is 0.282 e. The van der Waals surface area contributed by atoms with Crippen LogP contribution in [0, 0.1) is 0 Å². The van der Waals surface area contributed by atoms with Crippen molar-refractivity contribution >= 4 is 31.8 Å². The van der Waals surface area contributed by atoms with Gasteiger partial charge in [0, 0.05) is 0 Å². The average Bonchev–Trinajstić information content (AvgIpc) is 2.35. The van der Waals surface area contributed by atoms with Crippen LogP contribution in [-0.4, -0.2) is 36.5 Å². The summed E-state index contributed by atoms with van der Waals surface area (Å²) in [6.45, 7) is 0. The van der Waals surface area contributed by atoms with Gasteiger partial charge in [-0.1, -0.05) is 15.9 Å². The lowest BCUT2D eigenvalue weighted by atomic mass is 10.2. The molecule has 2 rings (SSSR count). The number of nitrogens with two attached hydrogens (primary N) is 1. The first-order chi connectivity index (χ1) is 5.50. The van der Waals surface area contributed by atoms with Gasteiger partial charge in [0.15, 0.2) is 20.1 Å². The minimum absolute atomic E-state index is 0.0221. The number of rotatable bonds is 0. The van der Waals surface area contributed by atoms with Crippen LogP contribution >= 0.6 is 15.9 Å². The van der Waals surface area contributed by atoms with E-state index in [4.69, 9.17) is 10.5 Å². The summed E-state index contributed by atoms with van der Waals surface area (Å²) < 4.78 is 26.9. The number of alkyl halides is 1. The van der Waals surface area contributed by atoms with Gasteiger partial charge in [0.25, 0.3) is 6.02 Å². The molecule has 0 aromatic heterocycles. The number of aliphatic imine (C=N–C) groups is 1. The van der Waals surface area contributed by atoms with E-state index in [1.54, 1.807) is 0 Å². The molecule has 3 atom stereocenters. The van der Waals surface area contributed by atoms with Crippen molar-refractivity contribution in [3.8, 4) is 0 Å². The third kappa shape index (κ3) is 1.03. The van der Waals surface area contributed by atoms with Crippen LogP contribution in [-0.2, 0) is 14.6 Å². The second-order valence-electron chi connectivity index (χ2n) is 2.80. The monoisotopic (exact) mass is 254 g/mol. The average molecular weight is 255 g/mol. The van der Waals surface area contributed by atoms with E-state index >= 15 is 0 Å². The molecule has 0 aromatic rings. The van der Waals surface area contributed by atoms with E-state index in [0.29, 0.717) is 0 Å². The van der Waals surface area contributed by atoms with Crippen LogP contribution in [0.2, 0.25) is 0 Å². The molecule has 1 fully saturated rings. The van der Waals surface area contributed by atoms with Gasteiger partial charge in [0.1, 0.15) is 6.04 Å². The first kappa shape index (κ1) is 8.31. The lowest BCUT2D eigenvalue weighted by molar-refractivity contribution is 0.221. The topological polar surface area (TPSA) is 81.8 Å². The SMILES string of the molecule is NC1=NC2CS(=O)(=O)C(Br)C2O1. The maximum absolute atomic E-state index is 11.2. The zero-order valence-electron chi connectivity index (χ0n) is 5.97. The number of hydrogen-bond donors (Lipinski definition) is 1. The molecule has 1 saturated heterocycles. The molecule has 0 spiro atoms. The van der Waals surface area contributed by atoms with Crippen LogP contribution in [0.3, 0.4) is 0 Å². The van der Waals surface area contributed by atoms with E-state index in [1.165, 1.54) is 0 Å². The Labute approximate surface area is 78.0 Å². The first-order valence-corrected chi connectivity index (χ1v) is 5.99. The van der Waals surface area contributed by atoms with E-state index in [-0.39, 0.29) is 17.8 Å². The fraction of sp³-hybridized carbons (Fsp3) is 0.800. The van der Waals surface area contributed by atoms with Crippen molar-refractivity contribution in [2.75, 3.05) is 5.75 Å². The number of sulfone groups is 1. The van der Waals surface area contributed by atoms with Crippen LogP contribution in [0.25, 0.3) is 0 Å². The van der Waals surface area contributed by atoms with E-state index < -0.39 is 20.1 Å². The molecule has 0 aliphatic carbocycles. The van der Waals surface area contributed by atoms with Crippen molar-refractivity contribution in [3.05, 3.63) is 0 Å². The molecular formula is C5H7BrN2O3S. The summed E-state index contributed by atoms with van der Waals surface area (Å²) in [5.41, 5.74) is 5.29. The molecule has 2 heterocycles. The molecule has 2 aliphatic rings. The minimum atomic E-state index is -3.08. The van der Waals surface area contributed by atoms with E-state index in [9.17, 15) is 8.42 Å². The van der Waals surface area contributed by atoms with Crippen LogP contribution < -0.4 is 5.73 Å². The molecule has 3 unspecified atom stereocenters. The van der Waals surface area contributed by atoms with Crippen LogP contribution in [0.15, 0.2) is 4.99 Å². The lowest BCUT2D eigenvalue weighted by Crippen LogP contribution is -2.27. The summed E-state index contributed by atoms with van der Waals surface area (Å²) in [4.78, 5) is 3.86. The van der Waals surface area contributed by atoms with Gasteiger partial charge in [0.05, 0.1) is 5.75 Å². The zero-order chi connectivity index (χ0) is 8.93. The van der Waals surface area contributed by atoms with Gasteiger partial charge in [-0.25, -0.2) is 13.4 Å². The Morgan fingerprint density at radius 2 is 2.33 bits per heavy atom. The fourth-order valence-electron chi connectivity index (χ4n) is 1.38. The molecule has 2 N–H and O–H groups in total. The summed E-state index contributed by atoms with van der Waals surface area (Å²) >= 11 is 3.05. The van der Waals surface area contributed by atoms with Gasteiger partial charge in [-0.3, -0.25) is 0 Å². The molecule has 0 saturated carbocycles. The Kier molecular flexibility index (Phi) is 1.63. The molecule has 0 aromatic carbocycles. The van der Waals surface area contributed by atoms with Gasteiger partial charge in [-0.05, 0) is 0 Å². The van der Waals surface area contributed by atoms with Crippen LogP contribution in [0.4, 0.5) is 0 Å². The number of amidine groups is 1. The number of ether oxygens (including phenoxy) is 1. The highest BCUT2D eigenvalue weighted by atomic mass is 79.9. The summed E-state index contributed by atoms with van der Waals surface area (Å²) in [7, 11) is -3.08. The summed E-state index contributed by atoms with van der Waals surface area (Å²) in [6, 6.07) is -0.233. The van der Waals surface area contributed by atoms with E-state index in [2.05, 4.69) is 20.9 Å². The van der Waals surface area contributed by atoms with Crippen molar-refractivity contribution in [1.82, 2.24) is 0 Å². The zero-order valence-corrected chi connectivity index (χ0v) is 8.38. The fourth-order valence-corrected chi connectivity index (χ4v) is 3.87. The highest BCUT2D eigenvalue weighted by molar-refractivity contribution is 9.11. The number of fused-ring (bicyclic) bond motifs is 1. The molecule has 0 amide bonds. The van der Waals surface area contributed by atoms with Crippen molar-refractivity contribution in [2.24, 2.45) is 10.7 Å². The molecule has 7 heteroatoms. The lowest BCUT2D eigenvalue weighted by Gasteiger charge is -2.09. The second-order valence-corrected chi connectivity index (χ2v) is 6.56. The summed E-state index contributed by atoms with van der Waals surface area (Å²) in [5.74, 6) is 0.0221. The summed E-state index contributed by atoms with van der Waals surface area (Å²) in [5, 5.41) is 0. The summed E-state index contributed by atoms with van der Waals surface area (Å²) in [6.07, 6.45) is -0.435. The quantitative estimate of drug-likeness (QED) is 0.575. The number of hydrogen-bond acceptors (Lipinski definition) is 5. The molecule has 0 radical (unpaired) electrons. The third-order valence-electron chi connectivity index (χ3n) is 1.93. The Bertz CT molecular complexity index is 339. The largest absolute Gasteiger partial charge is 0.457 e. The Morgan fingerprint density at radius 3 is 2.92 bits per heavy atom. The molecular weight excluding hydrogens is 248 g/mol. The second kappa shape index (κ2) is 2.35. The maximum atomic E-state index is 11.2. The highest BCUT2D eigenvalue weighted by Gasteiger charge is 2.50. The molecule has 5 nitrogen and oxygen atoms in total. The number of halogens is 1. The van der Waals surface area contributed by atoms with Gasteiger partial charge in [-0.15, -0.1) is 0 Å². The van der Waals surface area contributed by atoms with Crippen molar-refractivity contribution in [3.63, 3.8) is 0 Å². The molecule has 2 aliphatic heterocycles. The maximum Gasteiger partial charge on any atom is 0.282 e. The van der Waals surface area contributed by atoms with Crippen molar-refractivity contribution < 1.29 is 13.2 Å². The van der Waals surface area contributed by atoms with Crippen LogP contribution in [0.1, 0.15) is 0 Å². The highest BCUT2D eigenvalue weighted by Crippen LogP contribution is 2.33. The molecule has 12 heavy (non-hydrogen) atoms. The van der Waals surface area contributed by atoms with Gasteiger partial charge in [0.2, 0.25) is 0 Å². The number of nitrogens with zero attached hydrogens (tertiary/aromatic N) is 1. The molecule has 0 bridgehead atoms. The van der Waals surface area contributed by atoms with E-state index in [1.807, 2.05) is 0 Å². The molecule has 68 valence electrons. The van der Waals surface area contributed by atoms with Gasteiger partial charge < -0.3 is 10.5 Å². The van der Waals surface area contributed by atoms with Crippen LogP contribution in [0.5, 0.6) is 0 Å².